The van der Waals surface area contributed by atoms with Crippen LogP contribution in [0.25, 0.3) is 0 Å². The predicted molar refractivity (Wildman–Crippen MR) is 67.1 cm³/mol. The minimum absolute atomic E-state index is 0.553. The van der Waals surface area contributed by atoms with E-state index in [0.29, 0.717) is 5.92 Å². The molecule has 0 aliphatic carbocycles. The fourth-order valence-corrected chi connectivity index (χ4v) is 2.61. The van der Waals surface area contributed by atoms with Crippen LogP contribution in [-0.2, 0) is 6.54 Å². The van der Waals surface area contributed by atoms with E-state index in [1.165, 1.54) is 18.5 Å². The Balaban J connectivity index is 1.63. The van der Waals surface area contributed by atoms with Crippen molar-refractivity contribution >= 4 is 0 Å². The molecule has 0 unspecified atom stereocenters. The number of aryl methyl sites for hydroxylation is 1. The van der Waals surface area contributed by atoms with Crippen molar-refractivity contribution in [1.29, 1.82) is 0 Å². The Bertz CT molecular complexity index is 491. The number of piperidine rings is 1. The minimum atomic E-state index is 0.553. The molecule has 1 N–H and O–H groups in total. The number of oxazole rings is 1. The molecule has 1 aliphatic rings. The summed E-state index contributed by atoms with van der Waals surface area (Å²) in [7, 11) is 0. The van der Waals surface area contributed by atoms with E-state index in [9.17, 15) is 0 Å². The van der Waals surface area contributed by atoms with Gasteiger partial charge in [0, 0.05) is 24.4 Å². The molecule has 96 valence electrons. The maximum Gasteiger partial charge on any atom is 0.208 e. The summed E-state index contributed by atoms with van der Waals surface area (Å²) in [6, 6.07) is 2.07. The Morgan fingerprint density at radius 2 is 2.50 bits per heavy atom. The first kappa shape index (κ1) is 11.5. The normalized spacial score (nSPS) is 21.3. The van der Waals surface area contributed by atoms with Gasteiger partial charge in [0.1, 0.15) is 5.76 Å². The molecule has 1 saturated heterocycles. The number of nitrogens with one attached hydrogen (secondary N) is 1. The molecule has 1 atom stereocenters. The molecule has 0 radical (unpaired) electrons. The van der Waals surface area contributed by atoms with E-state index >= 15 is 0 Å². The summed E-state index contributed by atoms with van der Waals surface area (Å²) in [6.07, 6.45) is 6.05. The summed E-state index contributed by atoms with van der Waals surface area (Å²) in [4.78, 5) is 6.67. The van der Waals surface area contributed by atoms with Crippen LogP contribution in [0.1, 0.15) is 36.1 Å². The van der Waals surface area contributed by atoms with Crippen LogP contribution in [0.4, 0.5) is 0 Å². The summed E-state index contributed by atoms with van der Waals surface area (Å²) in [6.45, 7) is 4.90. The third-order valence-corrected chi connectivity index (χ3v) is 3.50. The summed E-state index contributed by atoms with van der Waals surface area (Å²) in [5, 5.41) is 7.12. The molecule has 0 spiro atoms. The van der Waals surface area contributed by atoms with Crippen LogP contribution < -0.4 is 0 Å². The van der Waals surface area contributed by atoms with Gasteiger partial charge >= 0.3 is 0 Å². The van der Waals surface area contributed by atoms with Crippen molar-refractivity contribution in [2.45, 2.75) is 32.2 Å². The van der Waals surface area contributed by atoms with Gasteiger partial charge in [0.2, 0.25) is 5.89 Å². The van der Waals surface area contributed by atoms with E-state index in [0.717, 1.165) is 31.3 Å². The fourth-order valence-electron chi connectivity index (χ4n) is 2.61. The molecule has 18 heavy (non-hydrogen) atoms. The van der Waals surface area contributed by atoms with Crippen molar-refractivity contribution in [2.24, 2.45) is 0 Å². The first-order chi connectivity index (χ1) is 8.81. The topological polar surface area (TPSA) is 58.0 Å². The van der Waals surface area contributed by atoms with Crippen molar-refractivity contribution in [2.75, 3.05) is 13.1 Å². The molecule has 1 fully saturated rings. The Kier molecular flexibility index (Phi) is 3.15. The zero-order valence-electron chi connectivity index (χ0n) is 10.6. The van der Waals surface area contributed by atoms with E-state index < -0.39 is 0 Å². The van der Waals surface area contributed by atoms with Crippen molar-refractivity contribution in [1.82, 2.24) is 20.1 Å². The van der Waals surface area contributed by atoms with Crippen LogP contribution in [0.2, 0.25) is 0 Å². The highest BCUT2D eigenvalue weighted by molar-refractivity contribution is 5.07. The molecule has 2 aromatic rings. The van der Waals surface area contributed by atoms with Gasteiger partial charge in [0.05, 0.1) is 12.7 Å². The van der Waals surface area contributed by atoms with Gasteiger partial charge in [-0.2, -0.15) is 5.10 Å². The number of likely N-dealkylation sites (tertiary alicyclic amines) is 1. The average Bonchev–Trinajstić information content (AvgIpc) is 3.01. The lowest BCUT2D eigenvalue weighted by molar-refractivity contribution is 0.181. The van der Waals surface area contributed by atoms with Gasteiger partial charge in [-0.1, -0.05) is 0 Å². The van der Waals surface area contributed by atoms with E-state index in [1.54, 1.807) is 6.20 Å². The number of rotatable bonds is 3. The molecule has 3 heterocycles. The quantitative estimate of drug-likeness (QED) is 0.901. The van der Waals surface area contributed by atoms with Gasteiger partial charge in [0.15, 0.2) is 0 Å². The van der Waals surface area contributed by atoms with E-state index in [-0.39, 0.29) is 0 Å². The zero-order chi connectivity index (χ0) is 12.4. The molecular weight excluding hydrogens is 228 g/mol. The lowest BCUT2D eigenvalue weighted by Crippen LogP contribution is -2.34. The van der Waals surface area contributed by atoms with Gasteiger partial charge in [0.25, 0.3) is 0 Å². The van der Waals surface area contributed by atoms with Gasteiger partial charge in [-0.15, -0.1) is 0 Å². The Hall–Kier alpha value is -1.62. The predicted octanol–water partition coefficient (Wildman–Crippen LogP) is 2.09. The maximum atomic E-state index is 5.54. The van der Waals surface area contributed by atoms with Gasteiger partial charge in [-0.05, 0) is 32.4 Å². The molecule has 0 aromatic carbocycles. The fraction of sp³-hybridized carbons (Fsp3) is 0.538. The third-order valence-electron chi connectivity index (χ3n) is 3.50. The van der Waals surface area contributed by atoms with Gasteiger partial charge in [-0.25, -0.2) is 4.98 Å². The third kappa shape index (κ3) is 2.46. The average molecular weight is 246 g/mol. The number of aromatic nitrogens is 3. The van der Waals surface area contributed by atoms with E-state index in [4.69, 9.17) is 4.42 Å². The SMILES string of the molecule is Cc1cnc(CN2CCC[C@@H](c3ccn[nH]3)C2)o1. The van der Waals surface area contributed by atoms with Gasteiger partial charge in [-0.3, -0.25) is 10.00 Å². The second-order valence-electron chi connectivity index (χ2n) is 4.95. The molecule has 0 amide bonds. The minimum Gasteiger partial charge on any atom is -0.445 e. The van der Waals surface area contributed by atoms with E-state index in [1.807, 2.05) is 13.1 Å². The molecule has 0 bridgehead atoms. The number of hydrogen-bond donors (Lipinski definition) is 1. The molecule has 3 rings (SSSR count). The summed E-state index contributed by atoms with van der Waals surface area (Å²) in [5.74, 6) is 2.25. The number of hydrogen-bond acceptors (Lipinski definition) is 4. The van der Waals surface area contributed by atoms with Crippen LogP contribution in [0.15, 0.2) is 22.9 Å². The zero-order valence-corrected chi connectivity index (χ0v) is 10.6. The Morgan fingerprint density at radius 3 is 3.22 bits per heavy atom. The largest absolute Gasteiger partial charge is 0.445 e. The first-order valence-corrected chi connectivity index (χ1v) is 6.44. The van der Waals surface area contributed by atoms with Gasteiger partial charge < -0.3 is 4.42 Å². The molecular formula is C13H18N4O. The summed E-state index contributed by atoms with van der Waals surface area (Å²) in [5.41, 5.74) is 1.24. The lowest BCUT2D eigenvalue weighted by atomic mass is 9.95. The van der Waals surface area contributed by atoms with Crippen molar-refractivity contribution in [3.8, 4) is 0 Å². The molecule has 5 heteroatoms. The summed E-state index contributed by atoms with van der Waals surface area (Å²) < 4.78 is 5.54. The van der Waals surface area contributed by atoms with Crippen molar-refractivity contribution in [3.63, 3.8) is 0 Å². The van der Waals surface area contributed by atoms with Crippen LogP contribution in [0.3, 0.4) is 0 Å². The first-order valence-electron chi connectivity index (χ1n) is 6.44. The second kappa shape index (κ2) is 4.94. The highest BCUT2D eigenvalue weighted by atomic mass is 16.4. The maximum absolute atomic E-state index is 5.54. The van der Waals surface area contributed by atoms with Crippen molar-refractivity contribution < 1.29 is 4.42 Å². The standard InChI is InChI=1S/C13H18N4O/c1-10-7-14-13(18-10)9-17-6-2-3-11(8-17)12-4-5-15-16-12/h4-5,7,11H,2-3,6,8-9H2,1H3,(H,15,16)/t11-/m1/s1. The number of nitrogens with zero attached hydrogens (tertiary/aromatic N) is 3. The molecule has 0 saturated carbocycles. The monoisotopic (exact) mass is 246 g/mol. The van der Waals surface area contributed by atoms with Crippen LogP contribution in [0.5, 0.6) is 0 Å². The smallest absolute Gasteiger partial charge is 0.208 e. The second-order valence-corrected chi connectivity index (χ2v) is 4.95. The molecule has 5 nitrogen and oxygen atoms in total. The Labute approximate surface area is 106 Å². The van der Waals surface area contributed by atoms with Crippen LogP contribution in [0, 0.1) is 6.92 Å². The highest BCUT2D eigenvalue weighted by Gasteiger charge is 2.23. The van der Waals surface area contributed by atoms with Crippen LogP contribution >= 0.6 is 0 Å². The number of H-pyrrole nitrogens is 1. The molecule has 2 aromatic heterocycles. The summed E-state index contributed by atoms with van der Waals surface area (Å²) >= 11 is 0. The highest BCUT2D eigenvalue weighted by Crippen LogP contribution is 2.26. The Morgan fingerprint density at radius 1 is 1.56 bits per heavy atom. The number of aromatic amines is 1. The lowest BCUT2D eigenvalue weighted by Gasteiger charge is -2.31. The van der Waals surface area contributed by atoms with Crippen molar-refractivity contribution in [3.05, 3.63) is 35.8 Å². The molecule has 1 aliphatic heterocycles. The van der Waals surface area contributed by atoms with Crippen LogP contribution in [-0.4, -0.2) is 33.2 Å². The van der Waals surface area contributed by atoms with E-state index in [2.05, 4.69) is 26.1 Å².